The summed E-state index contributed by atoms with van der Waals surface area (Å²) >= 11 is 0. The fraction of sp³-hybridized carbons (Fsp3) is 0.171. The van der Waals surface area contributed by atoms with Crippen molar-refractivity contribution in [3.63, 3.8) is 0 Å². The molecule has 3 N–H and O–H groups in total. The predicted octanol–water partition coefficient (Wildman–Crippen LogP) is 4.79. The maximum absolute atomic E-state index is 12.7. The Morgan fingerprint density at radius 1 is 0.957 bits per heavy atom. The van der Waals surface area contributed by atoms with Gasteiger partial charge in [0.2, 0.25) is 0 Å². The van der Waals surface area contributed by atoms with E-state index in [1.54, 1.807) is 6.20 Å². The first-order valence-corrected chi connectivity index (χ1v) is 15.1. The molecule has 226 valence electrons. The molecule has 5 heterocycles. The van der Waals surface area contributed by atoms with Crippen molar-refractivity contribution in [3.05, 3.63) is 114 Å². The molecule has 0 spiro atoms. The molecule has 0 bridgehead atoms. The van der Waals surface area contributed by atoms with Gasteiger partial charge in [0.15, 0.2) is 11.5 Å². The average Bonchev–Trinajstić information content (AvgIpc) is 3.48. The third-order valence-corrected chi connectivity index (χ3v) is 8.22. The van der Waals surface area contributed by atoms with Gasteiger partial charge in [-0.1, -0.05) is 42.5 Å². The maximum Gasteiger partial charge on any atom is 0.271 e. The van der Waals surface area contributed by atoms with E-state index in [-0.39, 0.29) is 23.2 Å². The van der Waals surface area contributed by atoms with Gasteiger partial charge in [0.1, 0.15) is 35.0 Å². The zero-order chi connectivity index (χ0) is 31.5. The molecule has 7 rings (SSSR count). The van der Waals surface area contributed by atoms with Gasteiger partial charge in [0.25, 0.3) is 5.91 Å². The number of hydrogen-bond donors (Lipinski definition) is 2. The van der Waals surface area contributed by atoms with E-state index in [0.29, 0.717) is 11.6 Å². The number of fused-ring (bicyclic) bond motifs is 1. The third-order valence-electron chi connectivity index (χ3n) is 8.22. The number of nitrogens with two attached hydrogens (primary N) is 1. The van der Waals surface area contributed by atoms with Gasteiger partial charge >= 0.3 is 0 Å². The van der Waals surface area contributed by atoms with Crippen LogP contribution in [0.25, 0.3) is 39.5 Å². The number of carbonyl (C=O) groups is 1. The van der Waals surface area contributed by atoms with Crippen LogP contribution in [0.15, 0.2) is 97.6 Å². The molecule has 0 radical (unpaired) electrons. The van der Waals surface area contributed by atoms with Gasteiger partial charge in [0, 0.05) is 49.3 Å². The van der Waals surface area contributed by atoms with Crippen LogP contribution < -0.4 is 11.1 Å². The zero-order valence-electron chi connectivity index (χ0n) is 24.9. The summed E-state index contributed by atoms with van der Waals surface area (Å²) in [6.45, 7) is 2.46. The number of nitriles is 1. The Morgan fingerprint density at radius 3 is 2.52 bits per heavy atom. The van der Waals surface area contributed by atoms with Crippen LogP contribution >= 0.6 is 0 Å². The molecular formula is C35H30N10O. The Hall–Kier alpha value is -5.99. The number of hydrogen-bond acceptors (Lipinski definition) is 9. The molecule has 11 nitrogen and oxygen atoms in total. The number of benzene rings is 2. The highest BCUT2D eigenvalue weighted by molar-refractivity contribution is 5.94. The van der Waals surface area contributed by atoms with Gasteiger partial charge in [-0.3, -0.25) is 14.3 Å². The van der Waals surface area contributed by atoms with Gasteiger partial charge in [-0.2, -0.15) is 5.26 Å². The summed E-state index contributed by atoms with van der Waals surface area (Å²) in [5.41, 5.74) is 12.8. The molecule has 0 aliphatic carbocycles. The Kier molecular flexibility index (Phi) is 7.85. The highest BCUT2D eigenvalue weighted by Gasteiger charge is 2.23. The number of piperidine rings is 1. The Bertz CT molecular complexity index is 2060. The molecule has 1 fully saturated rings. The van der Waals surface area contributed by atoms with Crippen LogP contribution in [0, 0.1) is 11.3 Å². The summed E-state index contributed by atoms with van der Waals surface area (Å²) in [5.74, 6) is 0.748. The molecule has 4 aromatic heterocycles. The molecule has 1 saturated heterocycles. The first-order chi connectivity index (χ1) is 22.6. The van der Waals surface area contributed by atoms with Crippen molar-refractivity contribution in [1.29, 1.82) is 5.26 Å². The van der Waals surface area contributed by atoms with E-state index in [1.807, 2.05) is 65.2 Å². The fourth-order valence-electron chi connectivity index (χ4n) is 5.85. The van der Waals surface area contributed by atoms with Crippen molar-refractivity contribution in [1.82, 2.24) is 39.7 Å². The molecule has 46 heavy (non-hydrogen) atoms. The summed E-state index contributed by atoms with van der Waals surface area (Å²) in [5, 5.41) is 12.3. The number of rotatable bonds is 7. The van der Waals surface area contributed by atoms with Gasteiger partial charge in [-0.15, -0.1) is 0 Å². The lowest BCUT2D eigenvalue weighted by Crippen LogP contribution is -2.44. The first-order valence-electron chi connectivity index (χ1n) is 15.1. The molecule has 0 atom stereocenters. The minimum atomic E-state index is -0.335. The average molecular weight is 607 g/mol. The number of anilines is 1. The van der Waals surface area contributed by atoms with Crippen LogP contribution in [0.2, 0.25) is 0 Å². The number of aromatic nitrogens is 6. The minimum absolute atomic E-state index is 0.0220. The lowest BCUT2D eigenvalue weighted by Gasteiger charge is -2.32. The predicted molar refractivity (Wildman–Crippen MR) is 174 cm³/mol. The molecule has 6 aromatic rings. The number of nitrogens with zero attached hydrogens (tertiary/aromatic N) is 8. The molecule has 1 aliphatic heterocycles. The van der Waals surface area contributed by atoms with Crippen molar-refractivity contribution in [2.75, 3.05) is 18.8 Å². The van der Waals surface area contributed by atoms with E-state index in [9.17, 15) is 10.1 Å². The molecular weight excluding hydrogens is 576 g/mol. The molecule has 0 unspecified atom stereocenters. The number of pyridine rings is 2. The number of nitrogens with one attached hydrogen (secondary N) is 1. The smallest absolute Gasteiger partial charge is 0.271 e. The van der Waals surface area contributed by atoms with Crippen molar-refractivity contribution in [2.24, 2.45) is 0 Å². The normalized spacial score (nSPS) is 13.8. The SMILES string of the molecule is N#Cc1cncnc1C(=O)NC1CCN(Cc2ccc(-n3c(-c4cccnc4N)nc4ccc(-c5ccccc5)nc43)cc2)CC1. The van der Waals surface area contributed by atoms with E-state index in [0.717, 1.165) is 66.1 Å². The lowest BCUT2D eigenvalue weighted by molar-refractivity contribution is 0.0903. The summed E-state index contributed by atoms with van der Waals surface area (Å²) < 4.78 is 2.04. The van der Waals surface area contributed by atoms with Gasteiger partial charge < -0.3 is 11.1 Å². The summed E-state index contributed by atoms with van der Waals surface area (Å²) in [6, 6.07) is 28.3. The van der Waals surface area contributed by atoms with Crippen molar-refractivity contribution >= 4 is 22.9 Å². The van der Waals surface area contributed by atoms with Crippen molar-refractivity contribution < 1.29 is 4.79 Å². The van der Waals surface area contributed by atoms with Crippen molar-refractivity contribution in [3.8, 4) is 34.4 Å². The van der Waals surface area contributed by atoms with Gasteiger partial charge in [-0.05, 0) is 54.8 Å². The number of imidazole rings is 1. The van der Waals surface area contributed by atoms with Crippen LogP contribution in [-0.4, -0.2) is 59.4 Å². The highest BCUT2D eigenvalue weighted by atomic mass is 16.2. The minimum Gasteiger partial charge on any atom is -0.383 e. The Labute approximate surface area is 265 Å². The monoisotopic (exact) mass is 606 g/mol. The standard InChI is InChI=1S/C35H30N10O/c36-19-25-20-38-22-40-31(25)35(46)41-26-14-17-44(18-15-26)21-23-8-10-27(11-9-23)45-33(28-7-4-16-39-32(28)37)43-30-13-12-29(42-34(30)45)24-5-2-1-3-6-24/h1-13,16,20,22,26H,14-15,17-18,21H2,(H2,37,39)(H,41,46). The van der Waals surface area contributed by atoms with E-state index >= 15 is 0 Å². The molecule has 2 aromatic carbocycles. The number of carbonyl (C=O) groups excluding carboxylic acids is 1. The summed E-state index contributed by atoms with van der Waals surface area (Å²) in [7, 11) is 0. The molecule has 0 saturated carbocycles. The van der Waals surface area contributed by atoms with E-state index in [2.05, 4.69) is 49.4 Å². The second kappa shape index (κ2) is 12.6. The van der Waals surface area contributed by atoms with E-state index in [4.69, 9.17) is 15.7 Å². The number of nitrogen functional groups attached to an aromatic ring is 1. The molecule has 1 aliphatic rings. The van der Waals surface area contributed by atoms with E-state index < -0.39 is 0 Å². The molecule has 11 heteroatoms. The van der Waals surface area contributed by atoms with Gasteiger partial charge in [0.05, 0.1) is 11.3 Å². The second-order valence-electron chi connectivity index (χ2n) is 11.2. The Balaban J connectivity index is 1.10. The summed E-state index contributed by atoms with van der Waals surface area (Å²) in [4.78, 5) is 37.2. The maximum atomic E-state index is 12.7. The van der Waals surface area contributed by atoms with Gasteiger partial charge in [-0.25, -0.2) is 24.9 Å². The van der Waals surface area contributed by atoms with Crippen LogP contribution in [-0.2, 0) is 6.54 Å². The first kappa shape index (κ1) is 28.8. The highest BCUT2D eigenvalue weighted by Crippen LogP contribution is 2.32. The fourth-order valence-corrected chi connectivity index (χ4v) is 5.85. The lowest BCUT2D eigenvalue weighted by atomic mass is 10.0. The summed E-state index contributed by atoms with van der Waals surface area (Å²) in [6.07, 6.45) is 5.93. The number of amides is 1. The second-order valence-corrected chi connectivity index (χ2v) is 11.2. The van der Waals surface area contributed by atoms with Crippen LogP contribution in [0.3, 0.4) is 0 Å². The van der Waals surface area contributed by atoms with E-state index in [1.165, 1.54) is 18.1 Å². The van der Waals surface area contributed by atoms with Crippen LogP contribution in [0.5, 0.6) is 0 Å². The topological polar surface area (TPSA) is 152 Å². The largest absolute Gasteiger partial charge is 0.383 e. The molecule has 1 amide bonds. The van der Waals surface area contributed by atoms with Crippen LogP contribution in [0.1, 0.15) is 34.5 Å². The third kappa shape index (κ3) is 5.77. The quantitative estimate of drug-likeness (QED) is 0.261. The van der Waals surface area contributed by atoms with Crippen LogP contribution in [0.4, 0.5) is 5.82 Å². The number of likely N-dealkylation sites (tertiary alicyclic amines) is 1. The zero-order valence-corrected chi connectivity index (χ0v) is 24.9. The Morgan fingerprint density at radius 2 is 1.76 bits per heavy atom. The van der Waals surface area contributed by atoms with Crippen molar-refractivity contribution in [2.45, 2.75) is 25.4 Å².